The van der Waals surface area contributed by atoms with Crippen LogP contribution in [0.15, 0.2) is 96.2 Å². The number of urea groups is 1. The van der Waals surface area contributed by atoms with Crippen molar-refractivity contribution in [1.29, 1.82) is 0 Å². The van der Waals surface area contributed by atoms with Gasteiger partial charge >= 0.3 is 18.0 Å². The number of carboxylic acids is 1. The van der Waals surface area contributed by atoms with Crippen molar-refractivity contribution in [3.05, 3.63) is 119 Å². The van der Waals surface area contributed by atoms with Crippen LogP contribution in [0.25, 0.3) is 11.1 Å². The van der Waals surface area contributed by atoms with Crippen LogP contribution in [0.4, 0.5) is 4.79 Å². The molecule has 0 aliphatic carbocycles. The van der Waals surface area contributed by atoms with E-state index in [0.29, 0.717) is 10.8 Å². The molecule has 0 radical (unpaired) electrons. The van der Waals surface area contributed by atoms with Crippen LogP contribution in [-0.4, -0.2) is 58.2 Å². The third kappa shape index (κ3) is 9.45. The van der Waals surface area contributed by atoms with Gasteiger partial charge in [0.2, 0.25) is 0 Å². The Morgan fingerprint density at radius 3 is 2.37 bits per heavy atom. The lowest BCUT2D eigenvalue weighted by atomic mass is 9.91. The van der Waals surface area contributed by atoms with E-state index in [1.54, 1.807) is 25.3 Å². The predicted octanol–water partition coefficient (Wildman–Crippen LogP) is 5.89. The molecule has 4 atom stereocenters. The summed E-state index contributed by atoms with van der Waals surface area (Å²) in [6.45, 7) is 4.02. The summed E-state index contributed by atoms with van der Waals surface area (Å²) in [4.78, 5) is 39.7. The number of nitrogens with one attached hydrogen (secondary N) is 2. The van der Waals surface area contributed by atoms with Gasteiger partial charge in [-0.25, -0.2) is 14.6 Å². The van der Waals surface area contributed by atoms with Crippen LogP contribution in [0.2, 0.25) is 0 Å². The minimum atomic E-state index is -1.03. The molecule has 12 heteroatoms. The third-order valence-corrected chi connectivity index (χ3v) is 9.20. The maximum absolute atomic E-state index is 12.1. The highest BCUT2D eigenvalue weighted by Crippen LogP contribution is 2.43. The van der Waals surface area contributed by atoms with Crippen molar-refractivity contribution in [2.75, 3.05) is 18.9 Å². The molecular formula is C37H39N3O8S. The van der Waals surface area contributed by atoms with Crippen LogP contribution < -0.4 is 10.6 Å². The summed E-state index contributed by atoms with van der Waals surface area (Å²) in [7, 11) is 0. The van der Waals surface area contributed by atoms with Crippen molar-refractivity contribution in [3.8, 4) is 11.1 Å². The number of nitrogens with zero attached hydrogens (tertiary/aromatic N) is 1. The summed E-state index contributed by atoms with van der Waals surface area (Å²) in [6.07, 6.45) is 0.271. The molecule has 11 nitrogen and oxygen atoms in total. The standard InChI is InChI=1S/C37H39N3O8S/c1-3-46-32(42)20-40-37(45)39-19-25-6-4-7-29(18-25)26-13-15-28(16-14-26)36-47-31(22-49-34-30(35(43)44)8-5-17-38-34)23(2)33(48-36)27-11-9-24(21-41)10-12-27/h4-18,23,31,33,36,41H,3,19-22H2,1-2H3,(H,43,44)(H2,39,40,45)/t23-,31+,33+,36+/m0/s1. The molecule has 2 amide bonds. The van der Waals surface area contributed by atoms with Crippen molar-refractivity contribution in [1.82, 2.24) is 15.6 Å². The molecule has 49 heavy (non-hydrogen) atoms. The quantitative estimate of drug-likeness (QED) is 0.0990. The second-order valence-corrected chi connectivity index (χ2v) is 12.5. The monoisotopic (exact) mass is 685 g/mol. The van der Waals surface area contributed by atoms with E-state index in [4.69, 9.17) is 14.2 Å². The number of thioether (sulfide) groups is 1. The zero-order valence-electron chi connectivity index (χ0n) is 27.2. The summed E-state index contributed by atoms with van der Waals surface area (Å²) in [5.74, 6) is -1.15. The van der Waals surface area contributed by atoms with E-state index in [0.717, 1.165) is 33.4 Å². The van der Waals surface area contributed by atoms with E-state index in [-0.39, 0.29) is 50.0 Å². The molecule has 1 aliphatic heterocycles. The number of hydrogen-bond donors (Lipinski definition) is 4. The molecule has 2 heterocycles. The first-order valence-corrected chi connectivity index (χ1v) is 16.9. The molecular weight excluding hydrogens is 646 g/mol. The SMILES string of the molecule is CCOC(=O)CNC(=O)NCc1cccc(-c2ccc([C@@H]3O[C@H](CSc4ncccc4C(=O)O)[C@H](C)[C@H](c4ccc(CO)cc4)O3)cc2)c1. The Morgan fingerprint density at radius 1 is 0.898 bits per heavy atom. The van der Waals surface area contributed by atoms with Crippen LogP contribution in [0.1, 0.15) is 58.9 Å². The summed E-state index contributed by atoms with van der Waals surface area (Å²) in [5.41, 5.74) is 5.52. The number of benzene rings is 3. The highest BCUT2D eigenvalue weighted by molar-refractivity contribution is 7.99. The first-order valence-electron chi connectivity index (χ1n) is 15.9. The number of carbonyl (C=O) groups excluding carboxylic acids is 2. The highest BCUT2D eigenvalue weighted by Gasteiger charge is 2.38. The molecule has 0 spiro atoms. The maximum Gasteiger partial charge on any atom is 0.338 e. The zero-order chi connectivity index (χ0) is 34.8. The molecule has 4 aromatic rings. The average Bonchev–Trinajstić information content (AvgIpc) is 3.13. The van der Waals surface area contributed by atoms with Gasteiger partial charge in [-0.2, -0.15) is 0 Å². The van der Waals surface area contributed by atoms with E-state index in [1.807, 2.05) is 72.8 Å². The zero-order valence-corrected chi connectivity index (χ0v) is 28.0. The van der Waals surface area contributed by atoms with E-state index in [1.165, 1.54) is 11.8 Å². The largest absolute Gasteiger partial charge is 0.478 e. The molecule has 0 unspecified atom stereocenters. The number of esters is 1. The normalized spacial score (nSPS) is 18.8. The number of amides is 2. The molecule has 1 fully saturated rings. The van der Waals surface area contributed by atoms with Crippen molar-refractivity contribution < 1.29 is 38.8 Å². The fourth-order valence-electron chi connectivity index (χ4n) is 5.44. The number of aliphatic hydroxyl groups is 1. The van der Waals surface area contributed by atoms with E-state index >= 15 is 0 Å². The van der Waals surface area contributed by atoms with Gasteiger partial charge < -0.3 is 35.1 Å². The number of aromatic carboxylic acids is 1. The van der Waals surface area contributed by atoms with E-state index < -0.39 is 24.3 Å². The Balaban J connectivity index is 1.30. The number of pyridine rings is 1. The minimum Gasteiger partial charge on any atom is -0.478 e. The molecule has 1 aromatic heterocycles. The predicted molar refractivity (Wildman–Crippen MR) is 184 cm³/mol. The second-order valence-electron chi connectivity index (χ2n) is 11.5. The van der Waals surface area contributed by atoms with Gasteiger partial charge in [0.05, 0.1) is 31.0 Å². The number of ether oxygens (including phenoxy) is 3. The summed E-state index contributed by atoms with van der Waals surface area (Å²) in [5, 5.41) is 24.9. The van der Waals surface area contributed by atoms with Crippen LogP contribution in [0.5, 0.6) is 0 Å². The van der Waals surface area contributed by atoms with Gasteiger partial charge in [0.15, 0.2) is 6.29 Å². The second kappa shape index (κ2) is 17.1. The van der Waals surface area contributed by atoms with Crippen molar-refractivity contribution in [2.24, 2.45) is 5.92 Å². The fourth-order valence-corrected chi connectivity index (χ4v) is 6.59. The summed E-state index contributed by atoms with van der Waals surface area (Å²) < 4.78 is 17.9. The summed E-state index contributed by atoms with van der Waals surface area (Å²) >= 11 is 1.34. The molecule has 1 aliphatic rings. The Kier molecular flexibility index (Phi) is 12.4. The number of aliphatic hydroxyl groups excluding tert-OH is 1. The maximum atomic E-state index is 12.1. The lowest BCUT2D eigenvalue weighted by molar-refractivity contribution is -0.268. The van der Waals surface area contributed by atoms with Crippen molar-refractivity contribution in [2.45, 2.75) is 50.5 Å². The third-order valence-electron chi connectivity index (χ3n) is 8.10. The van der Waals surface area contributed by atoms with E-state index in [2.05, 4.69) is 22.5 Å². The number of hydrogen-bond acceptors (Lipinski definition) is 9. The first-order chi connectivity index (χ1) is 23.7. The molecule has 0 saturated carbocycles. The number of carbonyl (C=O) groups is 3. The Bertz CT molecular complexity index is 1730. The first kappa shape index (κ1) is 35.6. The van der Waals surface area contributed by atoms with Gasteiger partial charge in [-0.1, -0.05) is 73.7 Å². The van der Waals surface area contributed by atoms with Crippen LogP contribution in [0, 0.1) is 5.92 Å². The molecule has 1 saturated heterocycles. The molecule has 3 aromatic carbocycles. The molecule has 256 valence electrons. The molecule has 5 rings (SSSR count). The van der Waals surface area contributed by atoms with Crippen LogP contribution in [-0.2, 0) is 32.2 Å². The molecule has 4 N–H and O–H groups in total. The minimum absolute atomic E-state index is 0.0550. The highest BCUT2D eigenvalue weighted by atomic mass is 32.2. The van der Waals surface area contributed by atoms with Crippen LogP contribution in [0.3, 0.4) is 0 Å². The Hall–Kier alpha value is -4.75. The topological polar surface area (TPSA) is 156 Å². The fraction of sp³-hybridized carbons (Fsp3) is 0.297. The lowest BCUT2D eigenvalue weighted by Gasteiger charge is -2.41. The number of carboxylic acid groups (broad SMARTS) is 1. The van der Waals surface area contributed by atoms with Crippen molar-refractivity contribution in [3.63, 3.8) is 0 Å². The van der Waals surface area contributed by atoms with Gasteiger partial charge in [-0.15, -0.1) is 11.8 Å². The lowest BCUT2D eigenvalue weighted by Crippen LogP contribution is -2.38. The molecule has 0 bridgehead atoms. The van der Waals surface area contributed by atoms with Crippen molar-refractivity contribution >= 4 is 29.7 Å². The van der Waals surface area contributed by atoms with Crippen LogP contribution >= 0.6 is 11.8 Å². The van der Waals surface area contributed by atoms with Gasteiger partial charge in [0.25, 0.3) is 0 Å². The smallest absolute Gasteiger partial charge is 0.338 e. The number of aromatic nitrogens is 1. The van der Waals surface area contributed by atoms with E-state index in [9.17, 15) is 24.6 Å². The summed E-state index contributed by atoms with van der Waals surface area (Å²) in [6, 6.07) is 26.0. The Labute approximate surface area is 289 Å². The number of rotatable bonds is 13. The van der Waals surface area contributed by atoms with Gasteiger partial charge in [-0.3, -0.25) is 4.79 Å². The van der Waals surface area contributed by atoms with Gasteiger partial charge in [0.1, 0.15) is 11.6 Å². The Morgan fingerprint density at radius 2 is 1.65 bits per heavy atom. The van der Waals surface area contributed by atoms with Gasteiger partial charge in [0, 0.05) is 30.0 Å². The average molecular weight is 686 g/mol. The van der Waals surface area contributed by atoms with Gasteiger partial charge in [-0.05, 0) is 52.9 Å².